The maximum atomic E-state index is 3.83. The third-order valence-corrected chi connectivity index (χ3v) is 3.95. The van der Waals surface area contributed by atoms with Crippen molar-refractivity contribution in [1.29, 1.82) is 0 Å². The molecule has 2 rings (SSSR count). The summed E-state index contributed by atoms with van der Waals surface area (Å²) in [5, 5.41) is 3.83. The fourth-order valence-corrected chi connectivity index (χ4v) is 2.72. The summed E-state index contributed by atoms with van der Waals surface area (Å²) in [6, 6.07) is 2.25. The minimum Gasteiger partial charge on any atom is -0.311 e. The molecule has 0 aromatic heterocycles. The van der Waals surface area contributed by atoms with Crippen molar-refractivity contribution < 1.29 is 0 Å². The van der Waals surface area contributed by atoms with Gasteiger partial charge in [-0.1, -0.05) is 12.2 Å². The molecule has 1 saturated heterocycles. The van der Waals surface area contributed by atoms with Gasteiger partial charge >= 0.3 is 0 Å². The minimum atomic E-state index is 0.746. The van der Waals surface area contributed by atoms with Crippen molar-refractivity contribution in [3.63, 3.8) is 0 Å². The number of nitrogens with one attached hydrogen (secondary N) is 1. The molecular formula is C13H24N2. The Bertz CT molecular complexity index is 225. The lowest BCUT2D eigenvalue weighted by Crippen LogP contribution is -2.48. The Kier molecular flexibility index (Phi) is 3.81. The van der Waals surface area contributed by atoms with Crippen molar-refractivity contribution >= 4 is 0 Å². The van der Waals surface area contributed by atoms with Crippen molar-refractivity contribution in [1.82, 2.24) is 10.2 Å². The molecule has 0 bridgehead atoms. The van der Waals surface area contributed by atoms with Crippen molar-refractivity contribution in [3.05, 3.63) is 12.2 Å². The zero-order chi connectivity index (χ0) is 10.7. The first-order valence-electron chi connectivity index (χ1n) is 6.37. The molecule has 0 radical (unpaired) electrons. The highest BCUT2D eigenvalue weighted by molar-refractivity contribution is 4.94. The van der Waals surface area contributed by atoms with E-state index in [0.29, 0.717) is 0 Å². The Morgan fingerprint density at radius 1 is 1.20 bits per heavy atom. The summed E-state index contributed by atoms with van der Waals surface area (Å²) < 4.78 is 0. The van der Waals surface area contributed by atoms with E-state index in [1.807, 2.05) is 0 Å². The first-order chi connectivity index (χ1) is 7.25. The Balaban J connectivity index is 1.77. The van der Waals surface area contributed by atoms with Crippen LogP contribution in [0.2, 0.25) is 0 Å². The first kappa shape index (κ1) is 11.2. The Morgan fingerprint density at radius 2 is 2.07 bits per heavy atom. The third-order valence-electron chi connectivity index (χ3n) is 3.95. The maximum Gasteiger partial charge on any atom is 0.0107 e. The average Bonchev–Trinajstić information content (AvgIpc) is 2.25. The van der Waals surface area contributed by atoms with E-state index in [4.69, 9.17) is 0 Å². The van der Waals surface area contributed by atoms with Crippen LogP contribution in [0.15, 0.2) is 12.2 Å². The average molecular weight is 208 g/mol. The van der Waals surface area contributed by atoms with Gasteiger partial charge in [0.15, 0.2) is 0 Å². The van der Waals surface area contributed by atoms with E-state index in [1.54, 1.807) is 0 Å². The van der Waals surface area contributed by atoms with Crippen LogP contribution in [-0.2, 0) is 0 Å². The molecule has 3 unspecified atom stereocenters. The minimum absolute atomic E-state index is 0.746. The summed E-state index contributed by atoms with van der Waals surface area (Å²) in [6.07, 6.45) is 11.1. The van der Waals surface area contributed by atoms with Gasteiger partial charge in [-0.15, -0.1) is 0 Å². The van der Waals surface area contributed by atoms with E-state index in [9.17, 15) is 0 Å². The molecule has 15 heavy (non-hydrogen) atoms. The number of hydrogen-bond donors (Lipinski definition) is 1. The predicted octanol–water partition coefficient (Wildman–Crippen LogP) is 2.17. The lowest BCUT2D eigenvalue weighted by Gasteiger charge is -2.37. The van der Waals surface area contributed by atoms with Gasteiger partial charge in [0.25, 0.3) is 0 Å². The molecule has 0 amide bonds. The molecule has 0 saturated carbocycles. The van der Waals surface area contributed by atoms with Crippen molar-refractivity contribution in [2.45, 2.75) is 57.2 Å². The van der Waals surface area contributed by atoms with Crippen LogP contribution >= 0.6 is 0 Å². The lowest BCUT2D eigenvalue weighted by atomic mass is 9.95. The number of allylic oxidation sites excluding steroid dienone is 1. The quantitative estimate of drug-likeness (QED) is 0.700. The summed E-state index contributed by atoms with van der Waals surface area (Å²) in [6.45, 7) is 3.59. The van der Waals surface area contributed by atoms with Gasteiger partial charge in [0.05, 0.1) is 0 Å². The number of nitrogens with zero attached hydrogens (tertiary/aromatic N) is 1. The Labute approximate surface area is 93.7 Å². The maximum absolute atomic E-state index is 3.83. The standard InChI is InChI=1S/C13H24N2/c1-11-10-13(8-9-15(11)2)14-12-6-4-3-5-7-12/h3-4,11-14H,5-10H2,1-2H3. The van der Waals surface area contributed by atoms with E-state index >= 15 is 0 Å². The number of piperidine rings is 1. The highest BCUT2D eigenvalue weighted by Crippen LogP contribution is 2.18. The monoisotopic (exact) mass is 208 g/mol. The van der Waals surface area contributed by atoms with Gasteiger partial charge < -0.3 is 10.2 Å². The second-order valence-electron chi connectivity index (χ2n) is 5.20. The van der Waals surface area contributed by atoms with Crippen LogP contribution in [0.1, 0.15) is 39.0 Å². The Morgan fingerprint density at radius 3 is 2.73 bits per heavy atom. The second-order valence-corrected chi connectivity index (χ2v) is 5.20. The van der Waals surface area contributed by atoms with Crippen LogP contribution in [0, 0.1) is 0 Å². The SMILES string of the molecule is CC1CC(NC2CC=CCC2)CCN1C. The lowest BCUT2D eigenvalue weighted by molar-refractivity contribution is 0.161. The number of likely N-dealkylation sites (tertiary alicyclic amines) is 1. The van der Waals surface area contributed by atoms with E-state index in [1.165, 1.54) is 38.6 Å². The predicted molar refractivity (Wildman–Crippen MR) is 65.0 cm³/mol. The van der Waals surface area contributed by atoms with Crippen LogP contribution in [0.4, 0.5) is 0 Å². The molecular weight excluding hydrogens is 184 g/mol. The van der Waals surface area contributed by atoms with E-state index < -0.39 is 0 Å². The highest BCUT2D eigenvalue weighted by atomic mass is 15.1. The smallest absolute Gasteiger partial charge is 0.0107 e. The van der Waals surface area contributed by atoms with Crippen molar-refractivity contribution in [2.75, 3.05) is 13.6 Å². The van der Waals surface area contributed by atoms with Crippen molar-refractivity contribution in [2.24, 2.45) is 0 Å². The largest absolute Gasteiger partial charge is 0.311 e. The molecule has 0 spiro atoms. The molecule has 2 heteroatoms. The third kappa shape index (κ3) is 3.05. The molecule has 3 atom stereocenters. The van der Waals surface area contributed by atoms with Crippen molar-refractivity contribution in [3.8, 4) is 0 Å². The number of rotatable bonds is 2. The zero-order valence-electron chi connectivity index (χ0n) is 10.1. The van der Waals surface area contributed by atoms with Crippen LogP contribution < -0.4 is 5.32 Å². The van der Waals surface area contributed by atoms with Gasteiger partial charge in [-0.2, -0.15) is 0 Å². The normalized spacial score (nSPS) is 38.1. The summed E-state index contributed by atoms with van der Waals surface area (Å²) in [4.78, 5) is 2.47. The molecule has 1 aliphatic heterocycles. The summed E-state index contributed by atoms with van der Waals surface area (Å²) in [7, 11) is 2.24. The molecule has 1 aliphatic carbocycles. The summed E-state index contributed by atoms with van der Waals surface area (Å²) in [5.74, 6) is 0. The van der Waals surface area contributed by atoms with Crippen LogP contribution in [0.3, 0.4) is 0 Å². The topological polar surface area (TPSA) is 15.3 Å². The fraction of sp³-hybridized carbons (Fsp3) is 0.846. The highest BCUT2D eigenvalue weighted by Gasteiger charge is 2.24. The molecule has 1 fully saturated rings. The molecule has 86 valence electrons. The molecule has 0 aromatic carbocycles. The second kappa shape index (κ2) is 5.13. The molecule has 1 N–H and O–H groups in total. The first-order valence-corrected chi connectivity index (χ1v) is 6.37. The fourth-order valence-electron chi connectivity index (χ4n) is 2.72. The van der Waals surface area contributed by atoms with Gasteiger partial charge in [0.1, 0.15) is 0 Å². The number of hydrogen-bond acceptors (Lipinski definition) is 2. The Hall–Kier alpha value is -0.340. The molecule has 0 aromatic rings. The van der Waals surface area contributed by atoms with Gasteiger partial charge in [0, 0.05) is 18.1 Å². The molecule has 2 aliphatic rings. The van der Waals surface area contributed by atoms with Crippen LogP contribution in [0.5, 0.6) is 0 Å². The van der Waals surface area contributed by atoms with Gasteiger partial charge in [-0.25, -0.2) is 0 Å². The van der Waals surface area contributed by atoms with Gasteiger partial charge in [-0.05, 0) is 52.6 Å². The van der Waals surface area contributed by atoms with E-state index in [-0.39, 0.29) is 0 Å². The molecule has 2 nitrogen and oxygen atoms in total. The summed E-state index contributed by atoms with van der Waals surface area (Å²) in [5.41, 5.74) is 0. The van der Waals surface area contributed by atoms with Gasteiger partial charge in [-0.3, -0.25) is 0 Å². The zero-order valence-corrected chi connectivity index (χ0v) is 10.1. The van der Waals surface area contributed by atoms with E-state index in [2.05, 4.69) is 36.3 Å². The van der Waals surface area contributed by atoms with Crippen LogP contribution in [0.25, 0.3) is 0 Å². The van der Waals surface area contributed by atoms with Gasteiger partial charge in [0.2, 0.25) is 0 Å². The summed E-state index contributed by atoms with van der Waals surface area (Å²) >= 11 is 0. The molecule has 1 heterocycles. The van der Waals surface area contributed by atoms with E-state index in [0.717, 1.165) is 18.1 Å². The van der Waals surface area contributed by atoms with Crippen LogP contribution in [-0.4, -0.2) is 36.6 Å².